The molecule has 2 rings (SSSR count). The zero-order valence-electron chi connectivity index (χ0n) is 6.76. The van der Waals surface area contributed by atoms with Crippen molar-refractivity contribution in [3.63, 3.8) is 0 Å². The van der Waals surface area contributed by atoms with E-state index in [1.165, 1.54) is 18.4 Å². The minimum absolute atomic E-state index is 0.104. The number of benzene rings is 1. The second-order valence-corrected chi connectivity index (χ2v) is 3.65. The van der Waals surface area contributed by atoms with Crippen molar-refractivity contribution in [1.82, 2.24) is 0 Å². The Morgan fingerprint density at radius 3 is 2.75 bits per heavy atom. The van der Waals surface area contributed by atoms with Crippen LogP contribution in [-0.4, -0.2) is 5.11 Å². The van der Waals surface area contributed by atoms with E-state index in [2.05, 4.69) is 0 Å². The van der Waals surface area contributed by atoms with E-state index >= 15 is 0 Å². The van der Waals surface area contributed by atoms with Crippen LogP contribution in [0, 0.1) is 0 Å². The quantitative estimate of drug-likeness (QED) is 0.746. The number of rotatable bonds is 2. The maximum Gasteiger partial charge on any atom is 0.0685 e. The standard InChI is InChI=1S/C10H11ClO/c11-9-3-1-2-8(6-12)10(9)7-4-5-7/h1-3,7,12H,4-6H2. The molecule has 1 aliphatic rings. The van der Waals surface area contributed by atoms with Gasteiger partial charge in [-0.15, -0.1) is 0 Å². The van der Waals surface area contributed by atoms with Crippen molar-refractivity contribution in [3.8, 4) is 0 Å². The number of hydrogen-bond donors (Lipinski definition) is 1. The highest BCUT2D eigenvalue weighted by molar-refractivity contribution is 6.31. The Labute approximate surface area is 77.0 Å². The Hall–Kier alpha value is -0.530. The van der Waals surface area contributed by atoms with E-state index in [1.54, 1.807) is 0 Å². The molecule has 0 bridgehead atoms. The fourth-order valence-corrected chi connectivity index (χ4v) is 1.90. The maximum atomic E-state index is 9.06. The molecule has 0 saturated heterocycles. The van der Waals surface area contributed by atoms with E-state index in [0.29, 0.717) is 5.92 Å². The highest BCUT2D eigenvalue weighted by Crippen LogP contribution is 2.44. The summed E-state index contributed by atoms with van der Waals surface area (Å²) in [6.07, 6.45) is 2.44. The Morgan fingerprint density at radius 2 is 2.17 bits per heavy atom. The van der Waals surface area contributed by atoms with Gasteiger partial charge in [-0.2, -0.15) is 0 Å². The highest BCUT2D eigenvalue weighted by Gasteiger charge is 2.27. The van der Waals surface area contributed by atoms with Gasteiger partial charge in [-0.3, -0.25) is 0 Å². The molecule has 1 nitrogen and oxygen atoms in total. The first kappa shape index (κ1) is 8.09. The predicted molar refractivity (Wildman–Crippen MR) is 49.3 cm³/mol. The van der Waals surface area contributed by atoms with Gasteiger partial charge < -0.3 is 5.11 Å². The number of halogens is 1. The summed E-state index contributed by atoms with van der Waals surface area (Å²) >= 11 is 6.03. The summed E-state index contributed by atoms with van der Waals surface area (Å²) < 4.78 is 0. The van der Waals surface area contributed by atoms with Crippen LogP contribution < -0.4 is 0 Å². The van der Waals surface area contributed by atoms with Crippen LogP contribution in [0.5, 0.6) is 0 Å². The minimum Gasteiger partial charge on any atom is -0.392 e. The van der Waals surface area contributed by atoms with E-state index in [1.807, 2.05) is 18.2 Å². The van der Waals surface area contributed by atoms with E-state index in [0.717, 1.165) is 10.6 Å². The highest BCUT2D eigenvalue weighted by atomic mass is 35.5. The summed E-state index contributed by atoms with van der Waals surface area (Å²) in [4.78, 5) is 0. The summed E-state index contributed by atoms with van der Waals surface area (Å²) in [5.41, 5.74) is 2.16. The second-order valence-electron chi connectivity index (χ2n) is 3.25. The first-order valence-electron chi connectivity index (χ1n) is 4.21. The number of aliphatic hydroxyl groups excluding tert-OH is 1. The molecular weight excluding hydrogens is 172 g/mol. The Kier molecular flexibility index (Phi) is 2.07. The van der Waals surface area contributed by atoms with Gasteiger partial charge in [0.1, 0.15) is 0 Å². The largest absolute Gasteiger partial charge is 0.392 e. The van der Waals surface area contributed by atoms with Crippen LogP contribution in [0.1, 0.15) is 29.9 Å². The fourth-order valence-electron chi connectivity index (χ4n) is 1.55. The number of aliphatic hydroxyl groups is 1. The summed E-state index contributed by atoms with van der Waals surface area (Å²) in [6, 6.07) is 5.73. The molecule has 0 amide bonds. The second kappa shape index (κ2) is 3.08. The molecule has 1 aromatic rings. The Morgan fingerprint density at radius 1 is 1.42 bits per heavy atom. The van der Waals surface area contributed by atoms with Crippen molar-refractivity contribution in [3.05, 3.63) is 34.3 Å². The van der Waals surface area contributed by atoms with Gasteiger partial charge in [0.2, 0.25) is 0 Å². The minimum atomic E-state index is 0.104. The van der Waals surface area contributed by atoms with Crippen LogP contribution in [-0.2, 0) is 6.61 Å². The van der Waals surface area contributed by atoms with Gasteiger partial charge in [0.05, 0.1) is 6.61 Å². The molecule has 2 heteroatoms. The Balaban J connectivity index is 2.45. The van der Waals surface area contributed by atoms with Crippen molar-refractivity contribution in [2.45, 2.75) is 25.4 Å². The normalized spacial score (nSPS) is 16.5. The molecule has 1 N–H and O–H groups in total. The lowest BCUT2D eigenvalue weighted by Gasteiger charge is -2.07. The first-order valence-corrected chi connectivity index (χ1v) is 4.59. The molecule has 0 unspecified atom stereocenters. The summed E-state index contributed by atoms with van der Waals surface area (Å²) in [6.45, 7) is 0.104. The van der Waals surface area contributed by atoms with Gasteiger partial charge in [-0.05, 0) is 36.0 Å². The van der Waals surface area contributed by atoms with Crippen LogP contribution in [0.25, 0.3) is 0 Å². The third kappa shape index (κ3) is 1.35. The van der Waals surface area contributed by atoms with Crippen LogP contribution >= 0.6 is 11.6 Å². The molecule has 1 saturated carbocycles. The maximum absolute atomic E-state index is 9.06. The molecule has 0 aliphatic heterocycles. The van der Waals surface area contributed by atoms with Gasteiger partial charge in [-0.25, -0.2) is 0 Å². The topological polar surface area (TPSA) is 20.2 Å². The molecule has 1 aromatic carbocycles. The third-order valence-corrected chi connectivity index (χ3v) is 2.63. The van der Waals surface area contributed by atoms with Crippen molar-refractivity contribution < 1.29 is 5.11 Å². The lowest BCUT2D eigenvalue weighted by Crippen LogP contribution is -1.92. The lowest BCUT2D eigenvalue weighted by atomic mass is 10.0. The average Bonchev–Trinajstić information content (AvgIpc) is 2.87. The van der Waals surface area contributed by atoms with Crippen molar-refractivity contribution >= 4 is 11.6 Å². The van der Waals surface area contributed by atoms with Crippen molar-refractivity contribution in [1.29, 1.82) is 0 Å². The summed E-state index contributed by atoms with van der Waals surface area (Å²) in [7, 11) is 0. The molecule has 0 heterocycles. The molecule has 0 radical (unpaired) electrons. The van der Waals surface area contributed by atoms with E-state index in [9.17, 15) is 0 Å². The average molecular weight is 183 g/mol. The van der Waals surface area contributed by atoms with E-state index in [4.69, 9.17) is 16.7 Å². The molecule has 0 spiro atoms. The molecule has 1 aliphatic carbocycles. The van der Waals surface area contributed by atoms with Crippen LogP contribution in [0.15, 0.2) is 18.2 Å². The van der Waals surface area contributed by atoms with Gasteiger partial charge in [0.25, 0.3) is 0 Å². The fraction of sp³-hybridized carbons (Fsp3) is 0.400. The first-order chi connectivity index (χ1) is 5.83. The lowest BCUT2D eigenvalue weighted by molar-refractivity contribution is 0.280. The zero-order valence-corrected chi connectivity index (χ0v) is 7.51. The molecule has 1 fully saturated rings. The SMILES string of the molecule is OCc1cccc(Cl)c1C1CC1. The van der Waals surface area contributed by atoms with Crippen LogP contribution in [0.2, 0.25) is 5.02 Å². The predicted octanol–water partition coefficient (Wildman–Crippen LogP) is 2.71. The molecule has 0 aromatic heterocycles. The molecule has 64 valence electrons. The van der Waals surface area contributed by atoms with E-state index < -0.39 is 0 Å². The van der Waals surface area contributed by atoms with E-state index in [-0.39, 0.29) is 6.61 Å². The van der Waals surface area contributed by atoms with Crippen LogP contribution in [0.4, 0.5) is 0 Å². The molecule has 0 atom stereocenters. The smallest absolute Gasteiger partial charge is 0.0685 e. The molecular formula is C10H11ClO. The molecule has 12 heavy (non-hydrogen) atoms. The van der Waals surface area contributed by atoms with Gasteiger partial charge in [0, 0.05) is 5.02 Å². The monoisotopic (exact) mass is 182 g/mol. The Bertz CT molecular complexity index is 292. The number of hydrogen-bond acceptors (Lipinski definition) is 1. The van der Waals surface area contributed by atoms with Gasteiger partial charge >= 0.3 is 0 Å². The summed E-state index contributed by atoms with van der Waals surface area (Å²) in [5, 5.41) is 9.87. The van der Waals surface area contributed by atoms with Gasteiger partial charge in [-0.1, -0.05) is 23.7 Å². The van der Waals surface area contributed by atoms with Gasteiger partial charge in [0.15, 0.2) is 0 Å². The van der Waals surface area contributed by atoms with Crippen LogP contribution in [0.3, 0.4) is 0 Å². The third-order valence-electron chi connectivity index (χ3n) is 2.30. The zero-order chi connectivity index (χ0) is 8.55. The summed E-state index contributed by atoms with van der Waals surface area (Å²) in [5.74, 6) is 0.612. The van der Waals surface area contributed by atoms with Crippen molar-refractivity contribution in [2.24, 2.45) is 0 Å². The van der Waals surface area contributed by atoms with Crippen molar-refractivity contribution in [2.75, 3.05) is 0 Å².